The first-order valence-corrected chi connectivity index (χ1v) is 6.93. The van der Waals surface area contributed by atoms with Crippen LogP contribution in [0.15, 0.2) is 30.3 Å². The lowest BCUT2D eigenvalue weighted by Crippen LogP contribution is -2.02. The summed E-state index contributed by atoms with van der Waals surface area (Å²) < 4.78 is 0. The van der Waals surface area contributed by atoms with E-state index in [2.05, 4.69) is 49.8 Å². The second kappa shape index (κ2) is 6.64. The average molecular weight is 227 g/mol. The van der Waals surface area contributed by atoms with Crippen LogP contribution in [-0.4, -0.2) is 0 Å². The Morgan fingerprint density at radius 1 is 1.18 bits per heavy atom. The summed E-state index contributed by atoms with van der Waals surface area (Å²) in [5.41, 5.74) is 2.77. The lowest BCUT2D eigenvalue weighted by molar-refractivity contribution is 0.420. The molecule has 1 aromatic carbocycles. The van der Waals surface area contributed by atoms with Crippen LogP contribution in [0.5, 0.6) is 0 Å². The third-order valence-electron chi connectivity index (χ3n) is 3.60. The largest absolute Gasteiger partial charge is 0.0808 e. The van der Waals surface area contributed by atoms with Gasteiger partial charge in [0.05, 0.1) is 0 Å². The summed E-state index contributed by atoms with van der Waals surface area (Å²) in [6.45, 7) is 2.12. The van der Waals surface area contributed by atoms with Gasteiger partial charge in [-0.2, -0.15) is 0 Å². The van der Waals surface area contributed by atoms with Crippen LogP contribution in [0.4, 0.5) is 0 Å². The van der Waals surface area contributed by atoms with Crippen LogP contribution in [0.25, 0.3) is 6.08 Å². The Kier molecular flexibility index (Phi) is 4.85. The topological polar surface area (TPSA) is 0 Å². The van der Waals surface area contributed by atoms with Crippen LogP contribution in [0.1, 0.15) is 50.2 Å². The van der Waals surface area contributed by atoms with E-state index in [4.69, 9.17) is 0 Å². The number of rotatable bonds is 4. The molecule has 1 aliphatic carbocycles. The molecule has 1 aromatic rings. The molecule has 0 saturated heterocycles. The zero-order chi connectivity index (χ0) is 11.9. The van der Waals surface area contributed by atoms with Crippen LogP contribution >= 0.6 is 0 Å². The Morgan fingerprint density at radius 3 is 2.76 bits per heavy atom. The van der Waals surface area contributed by atoms with Gasteiger partial charge in [-0.25, -0.2) is 0 Å². The fourth-order valence-corrected chi connectivity index (χ4v) is 2.63. The molecule has 1 radical (unpaired) electrons. The van der Waals surface area contributed by atoms with Crippen LogP contribution in [0, 0.1) is 12.3 Å². The van der Waals surface area contributed by atoms with Crippen molar-refractivity contribution in [3.63, 3.8) is 0 Å². The Morgan fingerprint density at radius 2 is 2.00 bits per heavy atom. The molecule has 0 amide bonds. The highest BCUT2D eigenvalue weighted by atomic mass is 14.1. The molecule has 2 rings (SSSR count). The van der Waals surface area contributed by atoms with Crippen LogP contribution in [0.2, 0.25) is 0 Å². The molecule has 0 heteroatoms. The van der Waals surface area contributed by atoms with Crippen molar-refractivity contribution in [1.82, 2.24) is 0 Å². The van der Waals surface area contributed by atoms with E-state index in [1.807, 2.05) is 0 Å². The van der Waals surface area contributed by atoms with E-state index in [1.54, 1.807) is 0 Å². The molecular formula is C17H23. The van der Waals surface area contributed by atoms with E-state index in [-0.39, 0.29) is 0 Å². The molecule has 0 bridgehead atoms. The molecular weight excluding hydrogens is 204 g/mol. The molecule has 0 aliphatic heterocycles. The first-order valence-electron chi connectivity index (χ1n) is 6.93. The molecule has 91 valence electrons. The van der Waals surface area contributed by atoms with Gasteiger partial charge in [0.15, 0.2) is 0 Å². The van der Waals surface area contributed by atoms with Crippen LogP contribution < -0.4 is 0 Å². The molecule has 0 heterocycles. The van der Waals surface area contributed by atoms with Gasteiger partial charge >= 0.3 is 0 Å². The average Bonchev–Trinajstić information content (AvgIpc) is 2.39. The fraction of sp³-hybridized carbons (Fsp3) is 0.471. The highest BCUT2D eigenvalue weighted by Gasteiger charge is 2.09. The highest BCUT2D eigenvalue weighted by Crippen LogP contribution is 2.25. The lowest BCUT2D eigenvalue weighted by Gasteiger charge is -2.17. The number of hydrogen-bond acceptors (Lipinski definition) is 0. The monoisotopic (exact) mass is 227 g/mol. The van der Waals surface area contributed by atoms with E-state index in [1.165, 1.54) is 43.2 Å². The minimum Gasteiger partial charge on any atom is -0.0808 e. The van der Waals surface area contributed by atoms with Crippen molar-refractivity contribution in [3.05, 3.63) is 47.9 Å². The quantitative estimate of drug-likeness (QED) is 0.675. The standard InChI is InChI=1S/C17H23/c1-2-7-16-10-6-11-17(14-16)13-12-15-8-4-3-5-9-15/h2,6,10-15H,3-5,7-9H2,1H3. The number of hydrogen-bond donors (Lipinski definition) is 0. The third kappa shape index (κ3) is 4.03. The van der Waals surface area contributed by atoms with Crippen molar-refractivity contribution < 1.29 is 0 Å². The Balaban J connectivity index is 1.96. The second-order valence-corrected chi connectivity index (χ2v) is 5.11. The van der Waals surface area contributed by atoms with Gasteiger partial charge in [-0.05, 0) is 42.7 Å². The summed E-state index contributed by atoms with van der Waals surface area (Å²) in [5, 5.41) is 0. The fourth-order valence-electron chi connectivity index (χ4n) is 2.63. The van der Waals surface area contributed by atoms with Crippen molar-refractivity contribution in [3.8, 4) is 0 Å². The molecule has 17 heavy (non-hydrogen) atoms. The van der Waals surface area contributed by atoms with Gasteiger partial charge in [-0.15, -0.1) is 0 Å². The Bertz CT molecular complexity index is 356. The normalized spacial score (nSPS) is 17.7. The smallest absolute Gasteiger partial charge is 0.0230 e. The maximum absolute atomic E-state index is 2.42. The van der Waals surface area contributed by atoms with E-state index in [0.29, 0.717) is 0 Å². The van der Waals surface area contributed by atoms with Gasteiger partial charge < -0.3 is 0 Å². The van der Waals surface area contributed by atoms with Crippen molar-refractivity contribution >= 4 is 6.08 Å². The molecule has 0 nitrogen and oxygen atoms in total. The van der Waals surface area contributed by atoms with Crippen molar-refractivity contribution in [1.29, 1.82) is 0 Å². The van der Waals surface area contributed by atoms with Gasteiger partial charge in [0.25, 0.3) is 0 Å². The molecule has 1 aliphatic rings. The summed E-state index contributed by atoms with van der Waals surface area (Å²) in [4.78, 5) is 0. The van der Waals surface area contributed by atoms with Gasteiger partial charge in [0.1, 0.15) is 0 Å². The Hall–Kier alpha value is -1.04. The SMILES string of the molecule is C[CH]Cc1cccc(C=CC2CCCCC2)c1. The minimum absolute atomic E-state index is 0.824. The molecule has 0 atom stereocenters. The third-order valence-corrected chi connectivity index (χ3v) is 3.60. The van der Waals surface area contributed by atoms with Gasteiger partial charge in [0.2, 0.25) is 0 Å². The summed E-state index contributed by atoms with van der Waals surface area (Å²) >= 11 is 0. The zero-order valence-electron chi connectivity index (χ0n) is 10.9. The maximum atomic E-state index is 2.42. The van der Waals surface area contributed by atoms with Crippen molar-refractivity contribution in [2.24, 2.45) is 5.92 Å². The molecule has 0 N–H and O–H groups in total. The van der Waals surface area contributed by atoms with Crippen LogP contribution in [-0.2, 0) is 6.42 Å². The first-order chi connectivity index (χ1) is 8.38. The number of allylic oxidation sites excluding steroid dienone is 1. The highest BCUT2D eigenvalue weighted by molar-refractivity contribution is 5.50. The summed E-state index contributed by atoms with van der Waals surface area (Å²) in [5.74, 6) is 0.824. The van der Waals surface area contributed by atoms with Gasteiger partial charge in [0, 0.05) is 0 Å². The molecule has 1 fully saturated rings. The molecule has 0 aromatic heterocycles. The summed E-state index contributed by atoms with van der Waals surface area (Å²) in [6, 6.07) is 8.88. The zero-order valence-corrected chi connectivity index (χ0v) is 10.9. The molecule has 0 unspecified atom stereocenters. The van der Waals surface area contributed by atoms with Gasteiger partial charge in [-0.3, -0.25) is 0 Å². The number of benzene rings is 1. The molecule has 1 saturated carbocycles. The van der Waals surface area contributed by atoms with Crippen LogP contribution in [0.3, 0.4) is 0 Å². The predicted molar refractivity (Wildman–Crippen MR) is 75.7 cm³/mol. The van der Waals surface area contributed by atoms with E-state index < -0.39 is 0 Å². The second-order valence-electron chi connectivity index (χ2n) is 5.11. The maximum Gasteiger partial charge on any atom is -0.0230 e. The lowest BCUT2D eigenvalue weighted by atomic mass is 9.88. The van der Waals surface area contributed by atoms with E-state index in [9.17, 15) is 0 Å². The summed E-state index contributed by atoms with van der Waals surface area (Å²) in [6.07, 6.45) is 15.1. The molecule has 0 spiro atoms. The minimum atomic E-state index is 0.824. The Labute approximate surface area is 106 Å². The van der Waals surface area contributed by atoms with E-state index >= 15 is 0 Å². The van der Waals surface area contributed by atoms with Gasteiger partial charge in [-0.1, -0.05) is 62.6 Å². The van der Waals surface area contributed by atoms with Crippen molar-refractivity contribution in [2.75, 3.05) is 0 Å². The van der Waals surface area contributed by atoms with E-state index in [0.717, 1.165) is 12.3 Å². The first kappa shape index (κ1) is 12.4. The predicted octanol–water partition coefficient (Wildman–Crippen LogP) is 5.05. The van der Waals surface area contributed by atoms with Crippen molar-refractivity contribution in [2.45, 2.75) is 45.4 Å². The summed E-state index contributed by atoms with van der Waals surface area (Å²) in [7, 11) is 0.